The fourth-order valence-corrected chi connectivity index (χ4v) is 3.77. The second-order valence-electron chi connectivity index (χ2n) is 7.19. The van der Waals surface area contributed by atoms with Crippen LogP contribution in [0, 0.1) is 0 Å². The Balaban J connectivity index is 1.54. The van der Waals surface area contributed by atoms with Gasteiger partial charge >= 0.3 is 0 Å². The van der Waals surface area contributed by atoms with Crippen LogP contribution in [0.3, 0.4) is 0 Å². The Kier molecular flexibility index (Phi) is 5.17. The fourth-order valence-electron chi connectivity index (χ4n) is 3.60. The van der Waals surface area contributed by atoms with Crippen LogP contribution >= 0.6 is 11.6 Å². The number of aromatic amines is 1. The van der Waals surface area contributed by atoms with Gasteiger partial charge in [0.1, 0.15) is 17.2 Å². The smallest absolute Gasteiger partial charge is 0.221 e. The zero-order valence-corrected chi connectivity index (χ0v) is 16.6. The van der Waals surface area contributed by atoms with Crippen molar-refractivity contribution in [2.75, 3.05) is 11.9 Å². The number of fused-ring (bicyclic) bond motifs is 1. The fraction of sp³-hybridized carbons (Fsp3) is 0.238. The molecule has 4 rings (SSSR count). The zero-order chi connectivity index (χ0) is 20.5. The normalized spacial score (nSPS) is 13.9. The molecule has 1 aromatic heterocycles. The molecule has 2 heterocycles. The Hall–Kier alpha value is -3.03. The number of rotatable bonds is 4. The average molecular weight is 413 g/mol. The van der Waals surface area contributed by atoms with Gasteiger partial charge in [0.15, 0.2) is 0 Å². The van der Waals surface area contributed by atoms with Gasteiger partial charge in [0.2, 0.25) is 5.91 Å². The summed E-state index contributed by atoms with van der Waals surface area (Å²) in [6, 6.07) is 10.6. The monoisotopic (exact) mass is 412 g/mol. The third-order valence-corrected chi connectivity index (χ3v) is 5.32. The number of hydrogen-bond acceptors (Lipinski definition) is 5. The van der Waals surface area contributed by atoms with Crippen LogP contribution in [0.1, 0.15) is 23.7 Å². The topological polar surface area (TPSA) is 101 Å². The Bertz CT molecular complexity index is 1060. The second kappa shape index (κ2) is 7.77. The predicted molar refractivity (Wildman–Crippen MR) is 111 cm³/mol. The molecule has 2 aromatic carbocycles. The molecule has 0 atom stereocenters. The molecule has 29 heavy (non-hydrogen) atoms. The molecule has 8 heteroatoms. The first-order valence-electron chi connectivity index (χ1n) is 9.27. The molecule has 150 valence electrons. The predicted octanol–water partition coefficient (Wildman–Crippen LogP) is 3.66. The maximum atomic E-state index is 11.2. The number of aromatic nitrogens is 2. The molecule has 3 aromatic rings. The summed E-state index contributed by atoms with van der Waals surface area (Å²) in [5.74, 6) is -0.320. The number of halogens is 1. The van der Waals surface area contributed by atoms with Gasteiger partial charge in [-0.1, -0.05) is 23.7 Å². The quantitative estimate of drug-likeness (QED) is 0.524. The highest BCUT2D eigenvalue weighted by Crippen LogP contribution is 2.39. The van der Waals surface area contributed by atoms with Gasteiger partial charge in [-0.25, -0.2) is 0 Å². The number of carbonyl (C=O) groups excluding carboxylic acids is 1. The lowest BCUT2D eigenvalue weighted by molar-refractivity contribution is -0.114. The number of benzene rings is 2. The van der Waals surface area contributed by atoms with Crippen molar-refractivity contribution in [1.29, 1.82) is 0 Å². The number of carbonyl (C=O) groups is 1. The number of anilines is 1. The first-order valence-corrected chi connectivity index (χ1v) is 9.65. The van der Waals surface area contributed by atoms with Crippen molar-refractivity contribution in [3.05, 3.63) is 58.2 Å². The van der Waals surface area contributed by atoms with Gasteiger partial charge in [0, 0.05) is 61.6 Å². The number of aromatic hydroxyl groups is 2. The molecule has 7 nitrogen and oxygen atoms in total. The number of phenols is 2. The molecule has 1 aliphatic rings. The van der Waals surface area contributed by atoms with Crippen molar-refractivity contribution >= 4 is 23.2 Å². The van der Waals surface area contributed by atoms with E-state index in [4.69, 9.17) is 11.6 Å². The van der Waals surface area contributed by atoms with Crippen molar-refractivity contribution in [3.63, 3.8) is 0 Å². The summed E-state index contributed by atoms with van der Waals surface area (Å²) in [6.07, 6.45) is 0.818. The molecule has 0 fully saturated rings. The van der Waals surface area contributed by atoms with Gasteiger partial charge in [-0.05, 0) is 23.8 Å². The lowest BCUT2D eigenvalue weighted by Crippen LogP contribution is -2.30. The summed E-state index contributed by atoms with van der Waals surface area (Å²) < 4.78 is 0. The molecule has 4 N–H and O–H groups in total. The van der Waals surface area contributed by atoms with E-state index in [0.29, 0.717) is 17.8 Å². The average Bonchev–Trinajstić information content (AvgIpc) is 3.09. The Morgan fingerprint density at radius 1 is 1.24 bits per heavy atom. The molecular formula is C21H21ClN4O3. The van der Waals surface area contributed by atoms with E-state index in [1.807, 2.05) is 24.3 Å². The Morgan fingerprint density at radius 2 is 2.00 bits per heavy atom. The van der Waals surface area contributed by atoms with E-state index in [1.54, 1.807) is 0 Å². The van der Waals surface area contributed by atoms with Gasteiger partial charge in [0.25, 0.3) is 0 Å². The maximum Gasteiger partial charge on any atom is 0.221 e. The standard InChI is InChI=1S/C21H21ClN4O3/c1-12(27)23-14-4-2-13(3-5-14)10-26-7-6-18-16(11-26)21(25-24-18)15-8-17(22)20(29)9-19(15)28/h2-5,8-9,28-29H,6-7,10-11H2,1H3,(H,23,27)(H,24,25). The summed E-state index contributed by atoms with van der Waals surface area (Å²) in [5, 5.41) is 30.3. The third kappa shape index (κ3) is 4.06. The van der Waals surface area contributed by atoms with Gasteiger partial charge in [-0.15, -0.1) is 0 Å². The van der Waals surface area contributed by atoms with Gasteiger partial charge in [0.05, 0.1) is 5.02 Å². The Morgan fingerprint density at radius 3 is 2.72 bits per heavy atom. The highest BCUT2D eigenvalue weighted by molar-refractivity contribution is 6.32. The van der Waals surface area contributed by atoms with Crippen molar-refractivity contribution in [1.82, 2.24) is 15.1 Å². The second-order valence-corrected chi connectivity index (χ2v) is 7.60. The van der Waals surface area contributed by atoms with Crippen LogP contribution in [0.5, 0.6) is 11.5 Å². The molecule has 0 saturated carbocycles. The number of phenolic OH excluding ortho intramolecular Hbond substituents is 2. The number of H-pyrrole nitrogens is 1. The highest BCUT2D eigenvalue weighted by Gasteiger charge is 2.24. The molecule has 0 unspecified atom stereocenters. The summed E-state index contributed by atoms with van der Waals surface area (Å²) in [6.45, 7) is 3.80. The minimum atomic E-state index is -0.165. The van der Waals surface area contributed by atoms with E-state index >= 15 is 0 Å². The number of amides is 1. The van der Waals surface area contributed by atoms with E-state index in [9.17, 15) is 15.0 Å². The molecule has 0 bridgehead atoms. The van der Waals surface area contributed by atoms with Crippen molar-refractivity contribution in [3.8, 4) is 22.8 Å². The molecular weight excluding hydrogens is 392 g/mol. The lowest BCUT2D eigenvalue weighted by Gasteiger charge is -2.27. The summed E-state index contributed by atoms with van der Waals surface area (Å²) in [7, 11) is 0. The van der Waals surface area contributed by atoms with Crippen molar-refractivity contribution < 1.29 is 15.0 Å². The van der Waals surface area contributed by atoms with Crippen LogP contribution in [0.4, 0.5) is 5.69 Å². The summed E-state index contributed by atoms with van der Waals surface area (Å²) in [4.78, 5) is 13.5. The number of nitrogens with one attached hydrogen (secondary N) is 2. The lowest BCUT2D eigenvalue weighted by atomic mass is 10.00. The van der Waals surface area contributed by atoms with Crippen molar-refractivity contribution in [2.24, 2.45) is 0 Å². The van der Waals surface area contributed by atoms with Crippen LogP contribution < -0.4 is 5.32 Å². The molecule has 1 amide bonds. The number of nitrogens with zero attached hydrogens (tertiary/aromatic N) is 2. The minimum absolute atomic E-state index is 0.0631. The first-order chi connectivity index (χ1) is 13.9. The largest absolute Gasteiger partial charge is 0.507 e. The van der Waals surface area contributed by atoms with E-state index in [2.05, 4.69) is 20.4 Å². The maximum absolute atomic E-state index is 11.2. The van der Waals surface area contributed by atoms with E-state index in [0.717, 1.165) is 42.0 Å². The highest BCUT2D eigenvalue weighted by atomic mass is 35.5. The Labute approximate surface area is 172 Å². The van der Waals surface area contributed by atoms with E-state index < -0.39 is 0 Å². The molecule has 0 spiro atoms. The van der Waals surface area contributed by atoms with Crippen LogP contribution in [0.15, 0.2) is 36.4 Å². The molecule has 0 aliphatic carbocycles. The van der Waals surface area contributed by atoms with Crippen LogP contribution in [-0.2, 0) is 24.3 Å². The van der Waals surface area contributed by atoms with Crippen LogP contribution in [-0.4, -0.2) is 37.8 Å². The van der Waals surface area contributed by atoms with E-state index in [1.165, 1.54) is 19.1 Å². The third-order valence-electron chi connectivity index (χ3n) is 5.01. The van der Waals surface area contributed by atoms with Crippen LogP contribution in [0.25, 0.3) is 11.3 Å². The minimum Gasteiger partial charge on any atom is -0.507 e. The molecule has 0 saturated heterocycles. The molecule has 1 aliphatic heterocycles. The van der Waals surface area contributed by atoms with Gasteiger partial charge in [-0.3, -0.25) is 14.8 Å². The van der Waals surface area contributed by atoms with E-state index in [-0.39, 0.29) is 22.4 Å². The SMILES string of the molecule is CC(=O)Nc1ccc(CN2CCc3[nH]nc(-c4cc(Cl)c(O)cc4O)c3C2)cc1. The van der Waals surface area contributed by atoms with Crippen LogP contribution in [0.2, 0.25) is 5.02 Å². The summed E-state index contributed by atoms with van der Waals surface area (Å²) >= 11 is 6.03. The van der Waals surface area contributed by atoms with Gasteiger partial charge in [-0.2, -0.15) is 5.10 Å². The van der Waals surface area contributed by atoms with Gasteiger partial charge < -0.3 is 15.5 Å². The first kappa shape index (κ1) is 19.3. The van der Waals surface area contributed by atoms with Crippen molar-refractivity contribution in [2.45, 2.75) is 26.4 Å². The summed E-state index contributed by atoms with van der Waals surface area (Å²) in [5.41, 5.74) is 5.11. The molecule has 0 radical (unpaired) electrons. The zero-order valence-electron chi connectivity index (χ0n) is 15.9. The number of hydrogen-bond donors (Lipinski definition) is 4.